The highest BCUT2D eigenvalue weighted by atomic mass is 16.5. The van der Waals surface area contributed by atoms with E-state index in [1.807, 2.05) is 30.3 Å². The second kappa shape index (κ2) is 10.6. The fraction of sp³-hybridized carbons (Fsp3) is 0.462. The van der Waals surface area contributed by atoms with Crippen molar-refractivity contribution >= 4 is 11.8 Å². The van der Waals surface area contributed by atoms with Crippen molar-refractivity contribution < 1.29 is 14.3 Å². The summed E-state index contributed by atoms with van der Waals surface area (Å²) in [6.45, 7) is 3.63. The van der Waals surface area contributed by atoms with Gasteiger partial charge in [-0.3, -0.25) is 14.5 Å². The molecule has 2 aliphatic heterocycles. The van der Waals surface area contributed by atoms with E-state index in [4.69, 9.17) is 4.74 Å². The second-order valence-electron chi connectivity index (χ2n) is 8.87. The van der Waals surface area contributed by atoms with Crippen LogP contribution in [0.1, 0.15) is 36.8 Å². The number of ether oxygens (including phenoxy) is 1. The third-order valence-corrected chi connectivity index (χ3v) is 6.61. The number of hydrogen-bond acceptors (Lipinski definition) is 4. The van der Waals surface area contributed by atoms with Crippen molar-refractivity contribution in [3.8, 4) is 5.75 Å². The molecule has 0 bridgehead atoms. The van der Waals surface area contributed by atoms with Crippen LogP contribution in [0.25, 0.3) is 0 Å². The van der Waals surface area contributed by atoms with E-state index in [2.05, 4.69) is 34.5 Å². The number of methoxy groups -OCH3 is 1. The highest BCUT2D eigenvalue weighted by molar-refractivity contribution is 5.89. The van der Waals surface area contributed by atoms with Crippen molar-refractivity contribution in [3.63, 3.8) is 0 Å². The quantitative estimate of drug-likeness (QED) is 0.692. The topological polar surface area (TPSA) is 61.9 Å². The Morgan fingerprint density at radius 3 is 2.53 bits per heavy atom. The predicted octanol–water partition coefficient (Wildman–Crippen LogP) is 3.21. The van der Waals surface area contributed by atoms with Gasteiger partial charge in [-0.1, -0.05) is 48.9 Å². The molecule has 2 heterocycles. The fourth-order valence-electron chi connectivity index (χ4n) is 4.73. The molecule has 0 saturated carbocycles. The second-order valence-corrected chi connectivity index (χ2v) is 8.87. The van der Waals surface area contributed by atoms with Gasteiger partial charge in [0.05, 0.1) is 13.0 Å². The van der Waals surface area contributed by atoms with Gasteiger partial charge >= 0.3 is 0 Å². The molecule has 1 N–H and O–H groups in total. The molecule has 2 aliphatic rings. The first-order valence-corrected chi connectivity index (χ1v) is 11.6. The number of nitrogens with one attached hydrogen (secondary N) is 1. The zero-order chi connectivity index (χ0) is 22.3. The molecule has 0 spiro atoms. The molecular weight excluding hydrogens is 402 g/mol. The summed E-state index contributed by atoms with van der Waals surface area (Å²) in [6.07, 6.45) is 3.79. The first kappa shape index (κ1) is 22.3. The number of rotatable bonds is 8. The Bertz CT molecular complexity index is 900. The van der Waals surface area contributed by atoms with Crippen LogP contribution in [0.3, 0.4) is 0 Å². The third kappa shape index (κ3) is 5.68. The van der Waals surface area contributed by atoms with E-state index in [9.17, 15) is 9.59 Å². The lowest BCUT2D eigenvalue weighted by molar-refractivity contribution is -0.129. The van der Waals surface area contributed by atoms with E-state index in [-0.39, 0.29) is 17.7 Å². The molecule has 32 heavy (non-hydrogen) atoms. The Morgan fingerprint density at radius 1 is 1.03 bits per heavy atom. The van der Waals surface area contributed by atoms with Gasteiger partial charge in [-0.15, -0.1) is 0 Å². The van der Waals surface area contributed by atoms with E-state index in [1.54, 1.807) is 12.0 Å². The Kier molecular flexibility index (Phi) is 7.43. The predicted molar refractivity (Wildman–Crippen MR) is 124 cm³/mol. The maximum Gasteiger partial charge on any atom is 0.225 e. The molecule has 2 atom stereocenters. The summed E-state index contributed by atoms with van der Waals surface area (Å²) in [5.74, 6) is 0.569. The van der Waals surface area contributed by atoms with E-state index in [0.29, 0.717) is 32.1 Å². The number of amides is 2. The van der Waals surface area contributed by atoms with Crippen LogP contribution in [0.2, 0.25) is 0 Å². The smallest absolute Gasteiger partial charge is 0.225 e. The number of piperidine rings is 1. The minimum absolute atomic E-state index is 0.000755. The Labute approximate surface area is 190 Å². The number of nitrogens with zero attached hydrogens (tertiary/aromatic N) is 2. The summed E-state index contributed by atoms with van der Waals surface area (Å²) in [7, 11) is 1.64. The molecule has 2 aromatic carbocycles. The van der Waals surface area contributed by atoms with Crippen LogP contribution in [-0.4, -0.2) is 54.4 Å². The molecule has 0 radical (unpaired) electrons. The van der Waals surface area contributed by atoms with Gasteiger partial charge in [0.15, 0.2) is 0 Å². The molecule has 170 valence electrons. The molecule has 2 unspecified atom stereocenters. The van der Waals surface area contributed by atoms with Crippen LogP contribution in [-0.2, 0) is 22.7 Å². The van der Waals surface area contributed by atoms with Crippen molar-refractivity contribution in [2.24, 2.45) is 5.92 Å². The van der Waals surface area contributed by atoms with Crippen molar-refractivity contribution in [1.29, 1.82) is 0 Å². The molecular formula is C26H33N3O3. The number of carbonyl (C=O) groups is 2. The molecule has 2 saturated heterocycles. The summed E-state index contributed by atoms with van der Waals surface area (Å²) in [4.78, 5) is 29.6. The van der Waals surface area contributed by atoms with Crippen molar-refractivity contribution in [3.05, 3.63) is 65.7 Å². The lowest BCUT2D eigenvalue weighted by atomic mass is 10.0. The first-order valence-electron chi connectivity index (χ1n) is 11.6. The third-order valence-electron chi connectivity index (χ3n) is 6.61. The van der Waals surface area contributed by atoms with Gasteiger partial charge in [-0.2, -0.15) is 0 Å². The Morgan fingerprint density at radius 2 is 1.78 bits per heavy atom. The lowest BCUT2D eigenvalue weighted by Crippen LogP contribution is -2.47. The summed E-state index contributed by atoms with van der Waals surface area (Å²) in [5, 5.41) is 3.15. The van der Waals surface area contributed by atoms with Gasteiger partial charge in [-0.05, 0) is 42.6 Å². The maximum atomic E-state index is 12.9. The SMILES string of the molecule is COc1ccc(CN2CC(C(=O)NCC3CCCCN3Cc3ccccc3)CC2=O)cc1. The van der Waals surface area contributed by atoms with Crippen LogP contribution < -0.4 is 10.1 Å². The minimum Gasteiger partial charge on any atom is -0.497 e. The fourth-order valence-corrected chi connectivity index (χ4v) is 4.73. The van der Waals surface area contributed by atoms with E-state index >= 15 is 0 Å². The van der Waals surface area contributed by atoms with Gasteiger partial charge in [0.1, 0.15) is 5.75 Å². The number of hydrogen-bond donors (Lipinski definition) is 1. The van der Waals surface area contributed by atoms with Gasteiger partial charge in [0.25, 0.3) is 0 Å². The molecule has 4 rings (SSSR count). The number of carbonyl (C=O) groups excluding carboxylic acids is 2. The molecule has 2 aromatic rings. The van der Waals surface area contributed by atoms with Gasteiger partial charge in [-0.25, -0.2) is 0 Å². The van der Waals surface area contributed by atoms with Gasteiger partial charge < -0.3 is 15.0 Å². The monoisotopic (exact) mass is 435 g/mol. The molecule has 6 heteroatoms. The van der Waals surface area contributed by atoms with Crippen molar-refractivity contribution in [1.82, 2.24) is 15.1 Å². The van der Waals surface area contributed by atoms with Crippen LogP contribution in [0, 0.1) is 5.92 Å². The highest BCUT2D eigenvalue weighted by Gasteiger charge is 2.34. The average molecular weight is 436 g/mol. The van der Waals surface area contributed by atoms with Gasteiger partial charge in [0, 0.05) is 38.6 Å². The van der Waals surface area contributed by atoms with E-state index in [0.717, 1.165) is 30.8 Å². The zero-order valence-corrected chi connectivity index (χ0v) is 18.8. The van der Waals surface area contributed by atoms with Crippen molar-refractivity contribution in [2.45, 2.75) is 44.8 Å². The lowest BCUT2D eigenvalue weighted by Gasteiger charge is -2.36. The average Bonchev–Trinajstić information content (AvgIpc) is 3.19. The summed E-state index contributed by atoms with van der Waals surface area (Å²) in [6, 6.07) is 18.6. The normalized spacial score (nSPS) is 21.5. The van der Waals surface area contributed by atoms with Crippen LogP contribution in [0.15, 0.2) is 54.6 Å². The van der Waals surface area contributed by atoms with Crippen LogP contribution in [0.4, 0.5) is 0 Å². The number of likely N-dealkylation sites (tertiary alicyclic amines) is 2. The largest absolute Gasteiger partial charge is 0.497 e. The van der Waals surface area contributed by atoms with Crippen LogP contribution >= 0.6 is 0 Å². The van der Waals surface area contributed by atoms with E-state index < -0.39 is 0 Å². The summed E-state index contributed by atoms with van der Waals surface area (Å²) in [5.41, 5.74) is 2.35. The standard InChI is InChI=1S/C26H33N3O3/c1-32-24-12-10-21(11-13-24)18-29-19-22(15-25(29)30)26(31)27-16-23-9-5-6-14-28(23)17-20-7-3-2-4-8-20/h2-4,7-8,10-13,22-23H,5-6,9,14-19H2,1H3,(H,27,31). The Hall–Kier alpha value is -2.86. The molecule has 0 aromatic heterocycles. The molecule has 6 nitrogen and oxygen atoms in total. The maximum absolute atomic E-state index is 12.9. The molecule has 2 fully saturated rings. The highest BCUT2D eigenvalue weighted by Crippen LogP contribution is 2.23. The van der Waals surface area contributed by atoms with Gasteiger partial charge in [0.2, 0.25) is 11.8 Å². The minimum atomic E-state index is -0.271. The molecule has 2 amide bonds. The number of benzene rings is 2. The Balaban J connectivity index is 1.28. The summed E-state index contributed by atoms with van der Waals surface area (Å²) >= 11 is 0. The molecule has 0 aliphatic carbocycles. The van der Waals surface area contributed by atoms with Crippen LogP contribution in [0.5, 0.6) is 5.75 Å². The van der Waals surface area contributed by atoms with E-state index in [1.165, 1.54) is 18.4 Å². The summed E-state index contributed by atoms with van der Waals surface area (Å²) < 4.78 is 5.19. The zero-order valence-electron chi connectivity index (χ0n) is 18.8. The van der Waals surface area contributed by atoms with Crippen molar-refractivity contribution in [2.75, 3.05) is 26.7 Å². The first-order chi connectivity index (χ1) is 15.6.